The van der Waals surface area contributed by atoms with E-state index in [9.17, 15) is 4.79 Å². The summed E-state index contributed by atoms with van der Waals surface area (Å²) >= 11 is 9.43. The topological polar surface area (TPSA) is 38.1 Å². The van der Waals surface area contributed by atoms with Crippen LogP contribution in [0.2, 0.25) is 0 Å². The highest BCUT2D eigenvalue weighted by molar-refractivity contribution is 9.10. The smallest absolute Gasteiger partial charge is 0.242 e. The van der Waals surface area contributed by atoms with Gasteiger partial charge in [0.25, 0.3) is 0 Å². The fourth-order valence-corrected chi connectivity index (χ4v) is 3.18. The molecule has 6 heteroatoms. The van der Waals surface area contributed by atoms with Gasteiger partial charge in [-0.05, 0) is 31.0 Å². The first-order valence-corrected chi connectivity index (χ1v) is 8.00. The Morgan fingerprint density at radius 1 is 1.35 bits per heavy atom. The van der Waals surface area contributed by atoms with Gasteiger partial charge in [-0.3, -0.25) is 4.79 Å². The molecule has 1 fully saturated rings. The predicted molar refractivity (Wildman–Crippen MR) is 82.8 cm³/mol. The Morgan fingerprint density at radius 3 is 2.80 bits per heavy atom. The van der Waals surface area contributed by atoms with E-state index in [0.29, 0.717) is 12.4 Å². The maximum absolute atomic E-state index is 12.3. The van der Waals surface area contributed by atoms with Gasteiger partial charge in [-0.2, -0.15) is 0 Å². The monoisotopic (exact) mass is 355 g/mol. The third-order valence-electron chi connectivity index (χ3n) is 3.66. The summed E-state index contributed by atoms with van der Waals surface area (Å²) in [6, 6.07) is 5.86. The number of fused-ring (bicyclic) bond motifs is 1. The standard InChI is InChI=1S/C14H15BrClN3O/c15-10-3-4-11-12(7-10)19(13(8-16)17-11)9-14(20)18-5-1-2-6-18/h3-4,7H,1-2,5-6,8-9H2. The normalized spacial score (nSPS) is 15.2. The molecule has 0 unspecified atom stereocenters. The maximum Gasteiger partial charge on any atom is 0.242 e. The van der Waals surface area contributed by atoms with E-state index in [4.69, 9.17) is 11.6 Å². The number of alkyl halides is 1. The average molecular weight is 357 g/mol. The van der Waals surface area contributed by atoms with Gasteiger partial charge >= 0.3 is 0 Å². The van der Waals surface area contributed by atoms with Crippen LogP contribution in [0.4, 0.5) is 0 Å². The van der Waals surface area contributed by atoms with Crippen molar-refractivity contribution in [2.45, 2.75) is 25.3 Å². The van der Waals surface area contributed by atoms with E-state index >= 15 is 0 Å². The molecule has 0 bridgehead atoms. The minimum absolute atomic E-state index is 0.146. The first-order chi connectivity index (χ1) is 9.69. The quantitative estimate of drug-likeness (QED) is 0.792. The number of carbonyl (C=O) groups excluding carboxylic acids is 1. The molecule has 0 N–H and O–H groups in total. The van der Waals surface area contributed by atoms with E-state index in [1.54, 1.807) is 0 Å². The number of hydrogen-bond donors (Lipinski definition) is 0. The first-order valence-electron chi connectivity index (χ1n) is 6.67. The van der Waals surface area contributed by atoms with E-state index < -0.39 is 0 Å². The molecule has 4 nitrogen and oxygen atoms in total. The molecule has 106 valence electrons. The van der Waals surface area contributed by atoms with Crippen molar-refractivity contribution in [2.24, 2.45) is 0 Å². The molecule has 2 heterocycles. The summed E-state index contributed by atoms with van der Waals surface area (Å²) in [7, 11) is 0. The lowest BCUT2D eigenvalue weighted by Gasteiger charge is -2.16. The molecule has 0 radical (unpaired) electrons. The van der Waals surface area contributed by atoms with Crippen molar-refractivity contribution in [1.82, 2.24) is 14.5 Å². The molecule has 1 aliphatic rings. The number of benzene rings is 1. The van der Waals surface area contributed by atoms with Crippen LogP contribution in [0.5, 0.6) is 0 Å². The lowest BCUT2D eigenvalue weighted by Crippen LogP contribution is -2.31. The van der Waals surface area contributed by atoms with Crippen LogP contribution in [0.3, 0.4) is 0 Å². The fraction of sp³-hybridized carbons (Fsp3) is 0.429. The summed E-state index contributed by atoms with van der Waals surface area (Å²) in [5.74, 6) is 1.19. The van der Waals surface area contributed by atoms with Crippen LogP contribution >= 0.6 is 27.5 Å². The van der Waals surface area contributed by atoms with E-state index in [2.05, 4.69) is 20.9 Å². The minimum Gasteiger partial charge on any atom is -0.341 e. The second-order valence-corrected chi connectivity index (χ2v) is 6.15. The molecule has 2 aromatic rings. The third kappa shape index (κ3) is 2.56. The number of likely N-dealkylation sites (tertiary alicyclic amines) is 1. The van der Waals surface area contributed by atoms with Gasteiger partial charge in [0, 0.05) is 17.6 Å². The van der Waals surface area contributed by atoms with Crippen molar-refractivity contribution in [2.75, 3.05) is 13.1 Å². The number of carbonyl (C=O) groups is 1. The van der Waals surface area contributed by atoms with Crippen molar-refractivity contribution in [1.29, 1.82) is 0 Å². The van der Waals surface area contributed by atoms with E-state index in [1.165, 1.54) is 0 Å². The largest absolute Gasteiger partial charge is 0.341 e. The summed E-state index contributed by atoms with van der Waals surface area (Å²) in [6.07, 6.45) is 2.20. The Labute approximate surface area is 130 Å². The molecule has 0 aliphatic carbocycles. The van der Waals surface area contributed by atoms with Gasteiger partial charge in [0.15, 0.2) is 0 Å². The van der Waals surface area contributed by atoms with Gasteiger partial charge in [0.2, 0.25) is 5.91 Å². The van der Waals surface area contributed by atoms with Crippen LogP contribution in [-0.2, 0) is 17.2 Å². The lowest BCUT2D eigenvalue weighted by atomic mass is 10.3. The Morgan fingerprint density at radius 2 is 2.10 bits per heavy atom. The average Bonchev–Trinajstić information content (AvgIpc) is 3.07. The molecule has 0 saturated carbocycles. The van der Waals surface area contributed by atoms with E-state index in [1.807, 2.05) is 27.7 Å². The number of nitrogens with zero attached hydrogens (tertiary/aromatic N) is 3. The van der Waals surface area contributed by atoms with Crippen LogP contribution in [0.15, 0.2) is 22.7 Å². The molecule has 1 aliphatic heterocycles. The number of amides is 1. The van der Waals surface area contributed by atoms with Crippen molar-refractivity contribution in [3.05, 3.63) is 28.5 Å². The van der Waals surface area contributed by atoms with Crippen molar-refractivity contribution in [3.8, 4) is 0 Å². The lowest BCUT2D eigenvalue weighted by molar-refractivity contribution is -0.130. The highest BCUT2D eigenvalue weighted by Crippen LogP contribution is 2.22. The zero-order valence-electron chi connectivity index (χ0n) is 11.0. The molecule has 3 rings (SSSR count). The highest BCUT2D eigenvalue weighted by atomic mass is 79.9. The van der Waals surface area contributed by atoms with Crippen LogP contribution in [0.25, 0.3) is 11.0 Å². The van der Waals surface area contributed by atoms with Gasteiger partial charge in [0.05, 0.1) is 16.9 Å². The van der Waals surface area contributed by atoms with Gasteiger partial charge in [-0.15, -0.1) is 11.6 Å². The molecule has 1 saturated heterocycles. The zero-order chi connectivity index (χ0) is 14.1. The Hall–Kier alpha value is -1.07. The summed E-state index contributed by atoms with van der Waals surface area (Å²) in [4.78, 5) is 18.7. The fourth-order valence-electron chi connectivity index (χ4n) is 2.63. The number of aromatic nitrogens is 2. The predicted octanol–water partition coefficient (Wildman–Crippen LogP) is 3.16. The van der Waals surface area contributed by atoms with Gasteiger partial charge in [-0.1, -0.05) is 15.9 Å². The molecular formula is C14H15BrClN3O. The number of rotatable bonds is 3. The van der Waals surface area contributed by atoms with Crippen molar-refractivity contribution in [3.63, 3.8) is 0 Å². The molecule has 1 aromatic heterocycles. The van der Waals surface area contributed by atoms with E-state index in [-0.39, 0.29) is 5.91 Å². The van der Waals surface area contributed by atoms with Crippen molar-refractivity contribution >= 4 is 44.5 Å². The molecule has 1 aromatic carbocycles. The zero-order valence-corrected chi connectivity index (χ0v) is 13.3. The molecule has 20 heavy (non-hydrogen) atoms. The number of imidazole rings is 1. The second kappa shape index (κ2) is 5.74. The van der Waals surface area contributed by atoms with Gasteiger partial charge in [-0.25, -0.2) is 4.98 Å². The molecule has 1 amide bonds. The van der Waals surface area contributed by atoms with Crippen molar-refractivity contribution < 1.29 is 4.79 Å². The SMILES string of the molecule is O=C(Cn1c(CCl)nc2ccc(Br)cc21)N1CCCC1. The Kier molecular flexibility index (Phi) is 3.98. The summed E-state index contributed by atoms with van der Waals surface area (Å²) in [6.45, 7) is 2.05. The van der Waals surface area contributed by atoms with Crippen LogP contribution < -0.4 is 0 Å². The number of halogens is 2. The third-order valence-corrected chi connectivity index (χ3v) is 4.39. The molecule has 0 atom stereocenters. The highest BCUT2D eigenvalue weighted by Gasteiger charge is 2.20. The minimum atomic E-state index is 0.146. The second-order valence-electron chi connectivity index (χ2n) is 4.97. The Balaban J connectivity index is 1.96. The van der Waals surface area contributed by atoms with E-state index in [0.717, 1.165) is 47.3 Å². The number of hydrogen-bond acceptors (Lipinski definition) is 2. The van der Waals surface area contributed by atoms with Crippen LogP contribution in [-0.4, -0.2) is 33.4 Å². The first kappa shape index (κ1) is 13.9. The summed E-state index contributed by atoms with van der Waals surface area (Å²) < 4.78 is 2.90. The maximum atomic E-state index is 12.3. The van der Waals surface area contributed by atoms with Gasteiger partial charge < -0.3 is 9.47 Å². The van der Waals surface area contributed by atoms with Crippen LogP contribution in [0.1, 0.15) is 18.7 Å². The molecular weight excluding hydrogens is 342 g/mol. The summed E-state index contributed by atoms with van der Waals surface area (Å²) in [5, 5.41) is 0. The Bertz CT molecular complexity index is 649. The summed E-state index contributed by atoms with van der Waals surface area (Å²) in [5.41, 5.74) is 1.82. The van der Waals surface area contributed by atoms with Gasteiger partial charge in [0.1, 0.15) is 12.4 Å². The molecule has 0 spiro atoms. The van der Waals surface area contributed by atoms with Crippen LogP contribution in [0, 0.1) is 0 Å².